The van der Waals surface area contributed by atoms with Crippen molar-refractivity contribution in [2.75, 3.05) is 47.5 Å². The molecule has 0 rings (SSSR count). The van der Waals surface area contributed by atoms with E-state index in [0.717, 1.165) is 38.5 Å². The van der Waals surface area contributed by atoms with Crippen molar-refractivity contribution in [1.29, 1.82) is 0 Å². The Balaban J connectivity index is 4.62. The zero-order valence-corrected chi connectivity index (χ0v) is 35.5. The van der Waals surface area contributed by atoms with Crippen molar-refractivity contribution in [2.24, 2.45) is 0 Å². The molecule has 0 heterocycles. The summed E-state index contributed by atoms with van der Waals surface area (Å²) in [5.74, 6) is -1.21. The Morgan fingerprint density at radius 2 is 1.19 bits per heavy atom. The lowest BCUT2D eigenvalue weighted by Gasteiger charge is -2.28. The molecule has 0 saturated carbocycles. The summed E-state index contributed by atoms with van der Waals surface area (Å²) in [5, 5.41) is 0. The average Bonchev–Trinajstić information content (AvgIpc) is 3.11. The molecular formula is C43H76NO9P. The molecule has 0 spiro atoms. The molecule has 312 valence electrons. The molecule has 1 unspecified atom stereocenters. The maximum atomic E-state index is 12.6. The molecule has 11 heteroatoms. The molecule has 0 aromatic heterocycles. The summed E-state index contributed by atoms with van der Waals surface area (Å²) in [6.07, 6.45) is 35.7. The second-order valence-electron chi connectivity index (χ2n) is 15.0. The van der Waals surface area contributed by atoms with Crippen LogP contribution in [-0.4, -0.2) is 75.8 Å². The van der Waals surface area contributed by atoms with Crippen LogP contribution in [0.15, 0.2) is 48.6 Å². The van der Waals surface area contributed by atoms with Gasteiger partial charge in [-0.2, -0.15) is 0 Å². The fourth-order valence-electron chi connectivity index (χ4n) is 5.25. The number of allylic oxidation sites excluding steroid dienone is 8. The van der Waals surface area contributed by atoms with E-state index in [1.54, 1.807) is 6.08 Å². The number of hydrogen-bond acceptors (Lipinski definition) is 9. The minimum absolute atomic E-state index is 0.0639. The molecule has 0 aliphatic rings. The quantitative estimate of drug-likeness (QED) is 0.0115. The van der Waals surface area contributed by atoms with E-state index in [0.29, 0.717) is 17.4 Å². The van der Waals surface area contributed by atoms with Gasteiger partial charge in [0.1, 0.15) is 19.8 Å². The number of unbranched alkanes of at least 4 members (excludes halogenated alkanes) is 14. The van der Waals surface area contributed by atoms with Gasteiger partial charge in [0, 0.05) is 19.3 Å². The van der Waals surface area contributed by atoms with Gasteiger partial charge in [0.15, 0.2) is 11.9 Å². The first-order valence-electron chi connectivity index (χ1n) is 20.8. The molecule has 0 saturated heterocycles. The predicted octanol–water partition coefficient (Wildman–Crippen LogP) is 10.1. The molecule has 0 aliphatic carbocycles. The van der Waals surface area contributed by atoms with E-state index in [4.69, 9.17) is 18.5 Å². The van der Waals surface area contributed by atoms with Gasteiger partial charge in [-0.15, -0.1) is 0 Å². The largest absolute Gasteiger partial charge is 0.756 e. The van der Waals surface area contributed by atoms with Gasteiger partial charge in [0.05, 0.1) is 27.7 Å². The van der Waals surface area contributed by atoms with E-state index in [1.807, 2.05) is 33.3 Å². The highest BCUT2D eigenvalue weighted by Crippen LogP contribution is 2.38. The molecule has 0 aromatic rings. The monoisotopic (exact) mass is 782 g/mol. The second-order valence-corrected chi connectivity index (χ2v) is 16.5. The first-order valence-corrected chi connectivity index (χ1v) is 22.3. The SMILES string of the molecule is CCCCC/C=C\C/C=C\C/C=C\C=C\C(=O)CCCC(=O)O[C@H](COC(=O)CCCCCCCCCCCCCC)COP(=O)([O-])OCC[N+](C)(C)C. The van der Waals surface area contributed by atoms with Crippen molar-refractivity contribution in [1.82, 2.24) is 0 Å². The number of carbonyl (C=O) groups is 3. The minimum atomic E-state index is -4.69. The number of hydrogen-bond donors (Lipinski definition) is 0. The number of carbonyl (C=O) groups excluding carboxylic acids is 3. The van der Waals surface area contributed by atoms with E-state index in [1.165, 1.54) is 76.7 Å². The molecule has 0 aliphatic heterocycles. The van der Waals surface area contributed by atoms with Crippen LogP contribution in [0.2, 0.25) is 0 Å². The summed E-state index contributed by atoms with van der Waals surface area (Å²) in [6, 6.07) is 0. The van der Waals surface area contributed by atoms with Crippen LogP contribution in [0.25, 0.3) is 0 Å². The van der Waals surface area contributed by atoms with Gasteiger partial charge < -0.3 is 27.9 Å². The highest BCUT2D eigenvalue weighted by atomic mass is 31.2. The number of likely N-dealkylation sites (N-methyl/N-ethyl adjacent to an activating group) is 1. The molecule has 0 N–H and O–H groups in total. The molecule has 10 nitrogen and oxygen atoms in total. The number of nitrogens with zero attached hydrogens (tertiary/aromatic N) is 1. The van der Waals surface area contributed by atoms with E-state index < -0.39 is 32.5 Å². The van der Waals surface area contributed by atoms with Crippen molar-refractivity contribution in [2.45, 2.75) is 161 Å². The van der Waals surface area contributed by atoms with Gasteiger partial charge in [-0.05, 0) is 44.6 Å². The summed E-state index contributed by atoms with van der Waals surface area (Å²) >= 11 is 0. The minimum Gasteiger partial charge on any atom is -0.756 e. The Morgan fingerprint density at radius 3 is 1.81 bits per heavy atom. The molecule has 0 radical (unpaired) electrons. The maximum Gasteiger partial charge on any atom is 0.306 e. The van der Waals surface area contributed by atoms with E-state index in [9.17, 15) is 23.8 Å². The molecule has 54 heavy (non-hydrogen) atoms. The lowest BCUT2D eigenvalue weighted by Crippen LogP contribution is -2.37. The van der Waals surface area contributed by atoms with Gasteiger partial charge in [-0.3, -0.25) is 18.9 Å². The highest BCUT2D eigenvalue weighted by molar-refractivity contribution is 7.45. The van der Waals surface area contributed by atoms with Crippen LogP contribution in [0, 0.1) is 0 Å². The van der Waals surface area contributed by atoms with Crippen LogP contribution in [0.3, 0.4) is 0 Å². The fraction of sp³-hybridized carbons (Fsp3) is 0.744. The van der Waals surface area contributed by atoms with Crippen LogP contribution in [0.5, 0.6) is 0 Å². The second kappa shape index (κ2) is 35.1. The van der Waals surface area contributed by atoms with Gasteiger partial charge in [0.25, 0.3) is 7.82 Å². The lowest BCUT2D eigenvalue weighted by molar-refractivity contribution is -0.870. The van der Waals surface area contributed by atoms with Crippen LogP contribution in [0.4, 0.5) is 0 Å². The average molecular weight is 782 g/mol. The summed E-state index contributed by atoms with van der Waals surface area (Å²) in [5.41, 5.74) is 0. The van der Waals surface area contributed by atoms with Crippen LogP contribution >= 0.6 is 7.82 Å². The standard InChI is InChI=1S/C43H76NO9P/c1-6-8-10-12-14-16-18-20-21-23-25-27-29-32-40(45)33-31-35-43(47)53-41(39-52-54(48,49)51-37-36-44(3,4)5)38-50-42(46)34-30-28-26-24-22-19-17-15-13-11-9-7-2/h14,16,20-21,25,27,29,32,41H,6-13,15,17-19,22-24,26,28,30-31,33-39H2,1-5H3/b16-14-,21-20-,27-25-,32-29+/t41-/m1/s1. The molecule has 0 fully saturated rings. The zero-order valence-electron chi connectivity index (χ0n) is 34.6. The molecule has 0 aromatic carbocycles. The Labute approximate surface area is 329 Å². The third-order valence-electron chi connectivity index (χ3n) is 8.58. The molecule has 0 amide bonds. The van der Waals surface area contributed by atoms with E-state index >= 15 is 0 Å². The normalized spacial score (nSPS) is 14.0. The number of phosphoric acid groups is 1. The number of ketones is 1. The van der Waals surface area contributed by atoms with Gasteiger partial charge in [-0.1, -0.05) is 140 Å². The summed E-state index contributed by atoms with van der Waals surface area (Å²) in [7, 11) is 1.02. The summed E-state index contributed by atoms with van der Waals surface area (Å²) in [4.78, 5) is 49.7. The smallest absolute Gasteiger partial charge is 0.306 e. The van der Waals surface area contributed by atoms with Crippen molar-refractivity contribution < 1.29 is 46.8 Å². The van der Waals surface area contributed by atoms with Crippen LogP contribution < -0.4 is 4.89 Å². The van der Waals surface area contributed by atoms with Gasteiger partial charge in [0.2, 0.25) is 0 Å². The summed E-state index contributed by atoms with van der Waals surface area (Å²) in [6.45, 7) is 3.89. The third-order valence-corrected chi connectivity index (χ3v) is 9.54. The third kappa shape index (κ3) is 37.9. The molecular weight excluding hydrogens is 705 g/mol. The maximum absolute atomic E-state index is 12.6. The van der Waals surface area contributed by atoms with Crippen molar-refractivity contribution in [3.63, 3.8) is 0 Å². The van der Waals surface area contributed by atoms with Crippen molar-refractivity contribution in [3.05, 3.63) is 48.6 Å². The zero-order chi connectivity index (χ0) is 40.2. The first-order chi connectivity index (χ1) is 25.9. The summed E-state index contributed by atoms with van der Waals surface area (Å²) < 4.78 is 33.6. The van der Waals surface area contributed by atoms with Crippen LogP contribution in [-0.2, 0) is 37.5 Å². The Morgan fingerprint density at radius 1 is 0.630 bits per heavy atom. The Kier molecular flexibility index (Phi) is 33.5. The van der Waals surface area contributed by atoms with Gasteiger partial charge >= 0.3 is 11.9 Å². The Bertz CT molecular complexity index is 1130. The van der Waals surface area contributed by atoms with Crippen molar-refractivity contribution >= 4 is 25.5 Å². The highest BCUT2D eigenvalue weighted by Gasteiger charge is 2.22. The van der Waals surface area contributed by atoms with Crippen molar-refractivity contribution in [3.8, 4) is 0 Å². The number of phosphoric ester groups is 1. The topological polar surface area (TPSA) is 128 Å². The number of esters is 2. The fourth-order valence-corrected chi connectivity index (χ4v) is 5.98. The van der Waals surface area contributed by atoms with Crippen LogP contribution in [0.1, 0.15) is 155 Å². The predicted molar refractivity (Wildman–Crippen MR) is 218 cm³/mol. The number of quaternary nitrogens is 1. The first kappa shape index (κ1) is 51.6. The van der Waals surface area contributed by atoms with E-state index in [-0.39, 0.29) is 44.7 Å². The Hall–Kier alpha value is -2.36. The van der Waals surface area contributed by atoms with E-state index in [2.05, 4.69) is 38.2 Å². The number of rotatable bonds is 37. The van der Waals surface area contributed by atoms with Gasteiger partial charge in [-0.25, -0.2) is 0 Å². The molecule has 0 bridgehead atoms. The molecule has 2 atom stereocenters. The number of ether oxygens (including phenoxy) is 2. The lowest BCUT2D eigenvalue weighted by atomic mass is 10.0.